The maximum Gasteiger partial charge on any atom is 0.534 e. The van der Waals surface area contributed by atoms with E-state index in [-0.39, 0.29) is 11.2 Å². The van der Waals surface area contributed by atoms with Gasteiger partial charge in [-0.05, 0) is 24.3 Å². The minimum Gasteiger partial charge on any atom is -0.374 e. The Morgan fingerprint density at radius 1 is 1.19 bits per heavy atom. The molecule has 0 radical (unpaired) electrons. The van der Waals surface area contributed by atoms with Crippen molar-refractivity contribution in [2.45, 2.75) is 5.51 Å². The zero-order valence-electron chi connectivity index (χ0n) is 9.80. The molecule has 6 nitrogen and oxygen atoms in total. The van der Waals surface area contributed by atoms with Crippen LogP contribution in [0.4, 0.5) is 17.7 Å². The molecular weight excluding hydrogens is 322 g/mol. The lowest BCUT2D eigenvalue weighted by molar-refractivity contribution is -0.0794. The van der Waals surface area contributed by atoms with E-state index < -0.39 is 27.3 Å². The summed E-state index contributed by atoms with van der Waals surface area (Å²) in [6.45, 7) is 0. The third kappa shape index (κ3) is 2.63. The van der Waals surface area contributed by atoms with Crippen LogP contribution in [0.5, 0.6) is 5.75 Å². The van der Waals surface area contributed by atoms with Crippen molar-refractivity contribution < 1.29 is 40.0 Å². The van der Waals surface area contributed by atoms with Crippen LogP contribution in [-0.2, 0) is 15.1 Å². The van der Waals surface area contributed by atoms with Crippen molar-refractivity contribution in [3.63, 3.8) is 0 Å². The van der Waals surface area contributed by atoms with Gasteiger partial charge in [0.1, 0.15) is 5.69 Å². The van der Waals surface area contributed by atoms with E-state index in [1.54, 1.807) is 0 Å². The molecule has 0 saturated heterocycles. The van der Waals surface area contributed by atoms with E-state index >= 15 is 0 Å². The Morgan fingerprint density at radius 2 is 1.86 bits per heavy atom. The van der Waals surface area contributed by atoms with Crippen molar-refractivity contribution in [2.75, 3.05) is 0 Å². The summed E-state index contributed by atoms with van der Waals surface area (Å²) in [6, 6.07) is 4.11. The van der Waals surface area contributed by atoms with Crippen molar-refractivity contribution in [2.24, 2.45) is 0 Å². The summed E-state index contributed by atoms with van der Waals surface area (Å²) in [6.07, 6.45) is 1.19. The highest BCUT2D eigenvalue weighted by Crippen LogP contribution is 2.30. The van der Waals surface area contributed by atoms with Crippen LogP contribution in [0.3, 0.4) is 0 Å². The van der Waals surface area contributed by atoms with Gasteiger partial charge in [-0.1, -0.05) is 0 Å². The number of pyridine rings is 1. The summed E-state index contributed by atoms with van der Waals surface area (Å²) in [5, 5.41) is 0. The van der Waals surface area contributed by atoms with Crippen LogP contribution in [0, 0.1) is 0 Å². The van der Waals surface area contributed by atoms with Crippen molar-refractivity contribution in [3.05, 3.63) is 36.2 Å². The SMILES string of the molecule is O=C(OF)c1ccc(OS(=O)(=O)C(F)(F)F)c2cccn12. The van der Waals surface area contributed by atoms with E-state index in [0.29, 0.717) is 0 Å². The molecule has 0 fully saturated rings. The lowest BCUT2D eigenvalue weighted by atomic mass is 10.3. The topological polar surface area (TPSA) is 74.1 Å². The monoisotopic (exact) mass is 327 g/mol. The van der Waals surface area contributed by atoms with Gasteiger partial charge in [-0.2, -0.15) is 21.6 Å². The Kier molecular flexibility index (Phi) is 3.53. The highest BCUT2D eigenvalue weighted by atomic mass is 32.2. The van der Waals surface area contributed by atoms with Crippen molar-refractivity contribution >= 4 is 21.6 Å². The zero-order chi connectivity index (χ0) is 15.8. The quantitative estimate of drug-likeness (QED) is 0.491. The first kappa shape index (κ1) is 15.1. The molecule has 2 heterocycles. The molecule has 0 aliphatic heterocycles. The Balaban J connectivity index is 2.54. The van der Waals surface area contributed by atoms with E-state index in [9.17, 15) is 30.9 Å². The van der Waals surface area contributed by atoms with Gasteiger partial charge in [0.2, 0.25) is 0 Å². The molecule has 11 heteroatoms. The van der Waals surface area contributed by atoms with Crippen LogP contribution in [0.15, 0.2) is 30.5 Å². The van der Waals surface area contributed by atoms with Gasteiger partial charge in [0.25, 0.3) is 0 Å². The van der Waals surface area contributed by atoms with E-state index in [1.807, 2.05) is 0 Å². The Bertz CT molecular complexity index is 795. The molecule has 114 valence electrons. The number of carbonyl (C=O) groups excluding carboxylic acids is 1. The van der Waals surface area contributed by atoms with Crippen LogP contribution in [-0.4, -0.2) is 24.3 Å². The average molecular weight is 327 g/mol. The number of nitrogens with zero attached hydrogens (tertiary/aromatic N) is 1. The van der Waals surface area contributed by atoms with Crippen molar-refractivity contribution in [1.29, 1.82) is 0 Å². The molecule has 0 aliphatic rings. The van der Waals surface area contributed by atoms with Gasteiger partial charge in [0.15, 0.2) is 5.75 Å². The lowest BCUT2D eigenvalue weighted by Crippen LogP contribution is -2.28. The standard InChI is InChI=1S/C10H5F4NO5S/c11-10(12,13)21(17,18)20-8-4-3-7(9(16)19-14)15-5-1-2-6(8)15/h1-5H. The normalized spacial score (nSPS) is 12.4. The molecule has 0 spiro atoms. The number of carbonyl (C=O) groups is 1. The summed E-state index contributed by atoms with van der Waals surface area (Å²) in [5.74, 6) is -2.07. The molecular formula is C10H5F4NO5S. The first-order valence-electron chi connectivity index (χ1n) is 5.11. The van der Waals surface area contributed by atoms with E-state index in [4.69, 9.17) is 0 Å². The molecule has 0 aliphatic carbocycles. The van der Waals surface area contributed by atoms with Crippen LogP contribution < -0.4 is 4.18 Å². The van der Waals surface area contributed by atoms with Gasteiger partial charge in [0.05, 0.1) is 5.52 Å². The highest BCUT2D eigenvalue weighted by molar-refractivity contribution is 7.88. The summed E-state index contributed by atoms with van der Waals surface area (Å²) >= 11 is 0. The zero-order valence-corrected chi connectivity index (χ0v) is 10.6. The van der Waals surface area contributed by atoms with Crippen molar-refractivity contribution in [3.8, 4) is 5.75 Å². The van der Waals surface area contributed by atoms with Gasteiger partial charge < -0.3 is 8.58 Å². The summed E-state index contributed by atoms with van der Waals surface area (Å²) in [5.41, 5.74) is -6.16. The predicted molar refractivity (Wildman–Crippen MR) is 59.5 cm³/mol. The van der Waals surface area contributed by atoms with Crippen LogP contribution in [0.2, 0.25) is 0 Å². The van der Waals surface area contributed by atoms with E-state index in [2.05, 4.69) is 9.12 Å². The van der Waals surface area contributed by atoms with E-state index in [0.717, 1.165) is 16.5 Å². The molecule has 21 heavy (non-hydrogen) atoms. The Labute approximate surface area is 114 Å². The molecule has 0 atom stereocenters. The van der Waals surface area contributed by atoms with Crippen molar-refractivity contribution in [1.82, 2.24) is 4.40 Å². The number of hydrogen-bond acceptors (Lipinski definition) is 5. The van der Waals surface area contributed by atoms with Gasteiger partial charge in [0, 0.05) is 10.7 Å². The third-order valence-corrected chi connectivity index (χ3v) is 3.38. The molecule has 0 saturated carbocycles. The second-order valence-electron chi connectivity index (χ2n) is 3.69. The summed E-state index contributed by atoms with van der Waals surface area (Å²) in [4.78, 5) is 14.1. The molecule has 0 unspecified atom stereocenters. The maximum absolute atomic E-state index is 12.3. The fraction of sp³-hybridized carbons (Fsp3) is 0.100. The molecule has 0 amide bonds. The minimum atomic E-state index is -5.86. The fourth-order valence-electron chi connectivity index (χ4n) is 1.55. The first-order chi connectivity index (χ1) is 9.67. The number of alkyl halides is 3. The fourth-order valence-corrected chi connectivity index (χ4v) is 2.03. The lowest BCUT2D eigenvalue weighted by Gasteiger charge is -2.11. The second kappa shape index (κ2) is 4.91. The summed E-state index contributed by atoms with van der Waals surface area (Å²) < 4.78 is 75.5. The minimum absolute atomic E-state index is 0.189. The Hall–Kier alpha value is -2.30. The van der Waals surface area contributed by atoms with Gasteiger partial charge in [-0.25, -0.2) is 9.74 Å². The first-order valence-corrected chi connectivity index (χ1v) is 6.52. The number of fused-ring (bicyclic) bond motifs is 1. The predicted octanol–water partition coefficient (Wildman–Crippen LogP) is 2.21. The smallest absolute Gasteiger partial charge is 0.374 e. The maximum atomic E-state index is 12.3. The molecule has 0 aromatic carbocycles. The van der Waals surface area contributed by atoms with Crippen LogP contribution >= 0.6 is 0 Å². The molecule has 2 aromatic rings. The van der Waals surface area contributed by atoms with E-state index in [1.165, 1.54) is 18.3 Å². The molecule has 2 rings (SSSR count). The van der Waals surface area contributed by atoms with Gasteiger partial charge >= 0.3 is 21.6 Å². The molecule has 0 N–H and O–H groups in total. The van der Waals surface area contributed by atoms with Gasteiger partial charge in [-0.3, -0.25) is 0 Å². The van der Waals surface area contributed by atoms with Crippen LogP contribution in [0.1, 0.15) is 10.5 Å². The van der Waals surface area contributed by atoms with Gasteiger partial charge in [-0.15, -0.1) is 0 Å². The number of rotatable bonds is 3. The highest BCUT2D eigenvalue weighted by Gasteiger charge is 2.48. The third-order valence-electron chi connectivity index (χ3n) is 2.42. The molecule has 2 aromatic heterocycles. The number of hydrogen-bond donors (Lipinski definition) is 0. The molecule has 0 bridgehead atoms. The number of halogens is 4. The average Bonchev–Trinajstić information content (AvgIpc) is 2.86. The van der Waals surface area contributed by atoms with Crippen LogP contribution in [0.25, 0.3) is 5.52 Å². The number of aromatic nitrogens is 1. The summed E-state index contributed by atoms with van der Waals surface area (Å²) in [7, 11) is -5.86. The second-order valence-corrected chi connectivity index (χ2v) is 5.23. The largest absolute Gasteiger partial charge is 0.534 e. The Morgan fingerprint density at radius 3 is 2.43 bits per heavy atom.